The molecule has 0 fully saturated rings. The van der Waals surface area contributed by atoms with Gasteiger partial charge in [-0.2, -0.15) is 0 Å². The Kier molecular flexibility index (Phi) is 65.4. The number of allylic oxidation sites excluding steroid dienone is 11. The molecule has 10 heteroatoms. The number of likely N-dealkylation sites (N-methyl/N-ethyl adjacent to an activating group) is 1. The van der Waals surface area contributed by atoms with Crippen LogP contribution in [0.2, 0.25) is 0 Å². The number of phosphoric ester groups is 1. The molecule has 3 unspecified atom stereocenters. The van der Waals surface area contributed by atoms with Crippen molar-refractivity contribution in [3.63, 3.8) is 0 Å². The van der Waals surface area contributed by atoms with Gasteiger partial charge in [-0.3, -0.25) is 14.2 Å². The van der Waals surface area contributed by atoms with E-state index in [0.29, 0.717) is 17.4 Å². The summed E-state index contributed by atoms with van der Waals surface area (Å²) < 4.78 is 30.5. The third kappa shape index (κ3) is 67.8. The Morgan fingerprint density at radius 1 is 0.398 bits per heavy atom. The van der Waals surface area contributed by atoms with Gasteiger partial charge >= 0.3 is 5.97 Å². The molecular formula is C78H145N2O7P. The lowest BCUT2D eigenvalue weighted by molar-refractivity contribution is -0.870. The molecule has 0 aliphatic carbocycles. The van der Waals surface area contributed by atoms with Crippen LogP contribution >= 0.6 is 7.82 Å². The quantitative estimate of drug-likeness (QED) is 0.0212. The number of phosphoric acid groups is 1. The summed E-state index contributed by atoms with van der Waals surface area (Å²) >= 11 is 0. The number of esters is 1. The number of amides is 1. The molecule has 0 aromatic rings. The van der Waals surface area contributed by atoms with Crippen LogP contribution in [-0.4, -0.2) is 69.4 Å². The highest BCUT2D eigenvalue weighted by Gasteiger charge is 2.27. The highest BCUT2D eigenvalue weighted by atomic mass is 31.2. The zero-order chi connectivity index (χ0) is 64.2. The van der Waals surface area contributed by atoms with Crippen LogP contribution in [0.15, 0.2) is 72.9 Å². The second-order valence-electron chi connectivity index (χ2n) is 26.8. The van der Waals surface area contributed by atoms with Crippen LogP contribution in [0.4, 0.5) is 0 Å². The lowest BCUT2D eigenvalue weighted by atomic mass is 10.0. The number of rotatable bonds is 69. The van der Waals surface area contributed by atoms with Gasteiger partial charge in [0, 0.05) is 12.8 Å². The first-order valence-corrected chi connectivity index (χ1v) is 39.2. The Labute approximate surface area is 546 Å². The lowest BCUT2D eigenvalue weighted by Crippen LogP contribution is -2.47. The van der Waals surface area contributed by atoms with Crippen LogP contribution in [0.3, 0.4) is 0 Å². The fourth-order valence-electron chi connectivity index (χ4n) is 11.0. The van der Waals surface area contributed by atoms with E-state index in [-0.39, 0.29) is 31.5 Å². The Morgan fingerprint density at radius 2 is 0.693 bits per heavy atom. The van der Waals surface area contributed by atoms with Crippen LogP contribution in [0, 0.1) is 0 Å². The van der Waals surface area contributed by atoms with Crippen molar-refractivity contribution in [2.24, 2.45) is 0 Å². The number of unbranched alkanes of at least 4 members (excludes halogenated alkanes) is 43. The van der Waals surface area contributed by atoms with E-state index in [1.54, 1.807) is 0 Å². The maximum Gasteiger partial charge on any atom is 0.306 e. The minimum absolute atomic E-state index is 0.0235. The molecule has 0 heterocycles. The van der Waals surface area contributed by atoms with Crippen molar-refractivity contribution in [3.8, 4) is 0 Å². The number of hydrogen-bond acceptors (Lipinski definition) is 7. The van der Waals surface area contributed by atoms with Crippen LogP contribution in [0.1, 0.15) is 361 Å². The average Bonchev–Trinajstić information content (AvgIpc) is 3.53. The van der Waals surface area contributed by atoms with E-state index in [0.717, 1.165) is 89.9 Å². The summed E-state index contributed by atoms with van der Waals surface area (Å²) in [4.78, 5) is 40.3. The minimum atomic E-state index is -4.71. The molecule has 514 valence electrons. The number of ether oxygens (including phenoxy) is 1. The SMILES string of the molecule is CCCCC/C=C\C/C=C\C/C=C\CCCCCCCCCCCCC(=O)NC(COP(=O)([O-])OCC[N+](C)(C)C)C(/C=C/CCCCCCCCCCCC)OC(=O)CCCCCCCCCCCCCCCCCCC/C=C\C/C=C\CCCCC. The Bertz CT molecular complexity index is 1730. The zero-order valence-electron chi connectivity index (χ0n) is 58.9. The summed E-state index contributed by atoms with van der Waals surface area (Å²) in [5.74, 6) is -0.532. The summed E-state index contributed by atoms with van der Waals surface area (Å²) in [6.07, 6.45) is 88.9. The van der Waals surface area contributed by atoms with Gasteiger partial charge in [-0.15, -0.1) is 0 Å². The van der Waals surface area contributed by atoms with Gasteiger partial charge in [-0.1, -0.05) is 319 Å². The summed E-state index contributed by atoms with van der Waals surface area (Å²) in [6, 6.07) is -0.893. The van der Waals surface area contributed by atoms with E-state index in [9.17, 15) is 19.0 Å². The predicted octanol–water partition coefficient (Wildman–Crippen LogP) is 23.7. The molecule has 0 spiro atoms. The molecule has 0 saturated carbocycles. The van der Waals surface area contributed by atoms with E-state index in [1.165, 1.54) is 238 Å². The molecule has 88 heavy (non-hydrogen) atoms. The van der Waals surface area contributed by atoms with E-state index >= 15 is 0 Å². The zero-order valence-corrected chi connectivity index (χ0v) is 59.8. The van der Waals surface area contributed by atoms with Crippen molar-refractivity contribution < 1.29 is 37.3 Å². The monoisotopic (exact) mass is 1250 g/mol. The maximum atomic E-state index is 13.6. The first kappa shape index (κ1) is 85.5. The molecule has 0 aliphatic rings. The minimum Gasteiger partial charge on any atom is -0.756 e. The number of carbonyl (C=O) groups excluding carboxylic acids is 2. The van der Waals surface area contributed by atoms with Gasteiger partial charge in [-0.25, -0.2) is 0 Å². The van der Waals surface area contributed by atoms with Crippen molar-refractivity contribution >= 4 is 19.7 Å². The van der Waals surface area contributed by atoms with Crippen molar-refractivity contribution in [2.75, 3.05) is 40.9 Å². The standard InChI is InChI=1S/C78H145N2O7P/c1-7-10-13-16-19-22-25-28-30-32-34-36-38-39-40-41-43-45-47-49-51-53-56-59-62-65-68-71-78(82)87-76(69-66-63-60-57-54-27-24-21-18-15-12-9-3)75(74-86-88(83,84)85-73-72-80(4,5)6)79-77(81)70-67-64-61-58-55-52-50-48-46-44-42-37-35-33-31-29-26-23-20-17-14-11-8-2/h19-20,22-23,28-31,35,37,66,69,75-76H,7-18,21,24-27,32-34,36,38-65,67-68,70-74H2,1-6H3,(H-,79,81,83,84)/b22-19-,23-20-,30-28-,31-29-,37-35-,69-66+. The summed E-state index contributed by atoms with van der Waals surface area (Å²) in [7, 11) is 1.19. The Morgan fingerprint density at radius 3 is 1.06 bits per heavy atom. The highest BCUT2D eigenvalue weighted by Crippen LogP contribution is 2.38. The van der Waals surface area contributed by atoms with Gasteiger partial charge in [0.15, 0.2) is 0 Å². The van der Waals surface area contributed by atoms with Gasteiger partial charge in [0.05, 0.1) is 33.8 Å². The average molecular weight is 1250 g/mol. The smallest absolute Gasteiger partial charge is 0.306 e. The summed E-state index contributed by atoms with van der Waals surface area (Å²) in [5, 5.41) is 3.05. The molecule has 0 rings (SSSR count). The van der Waals surface area contributed by atoms with Crippen molar-refractivity contribution in [3.05, 3.63) is 72.9 Å². The molecular weight excluding hydrogens is 1110 g/mol. The Balaban J connectivity index is 4.97. The molecule has 9 nitrogen and oxygen atoms in total. The molecule has 0 aromatic carbocycles. The van der Waals surface area contributed by atoms with Crippen LogP contribution in [0.25, 0.3) is 0 Å². The number of quaternary nitrogens is 1. The van der Waals surface area contributed by atoms with Crippen LogP contribution in [-0.2, 0) is 27.9 Å². The maximum absolute atomic E-state index is 13.6. The van der Waals surface area contributed by atoms with Gasteiger partial charge in [0.2, 0.25) is 5.91 Å². The molecule has 1 N–H and O–H groups in total. The Hall–Kier alpha value is -2.55. The van der Waals surface area contributed by atoms with Crippen LogP contribution in [0.5, 0.6) is 0 Å². The third-order valence-electron chi connectivity index (χ3n) is 16.9. The number of nitrogens with one attached hydrogen (secondary N) is 1. The molecule has 0 radical (unpaired) electrons. The number of nitrogens with zero attached hydrogens (tertiary/aromatic N) is 1. The molecule has 0 aromatic heterocycles. The topological polar surface area (TPSA) is 114 Å². The van der Waals surface area contributed by atoms with Gasteiger partial charge in [0.1, 0.15) is 19.3 Å². The van der Waals surface area contributed by atoms with Crippen LogP contribution < -0.4 is 10.2 Å². The molecule has 0 aliphatic heterocycles. The number of hydrogen-bond donors (Lipinski definition) is 1. The normalized spacial score (nSPS) is 13.9. The van der Waals surface area contributed by atoms with Crippen molar-refractivity contribution in [1.29, 1.82) is 0 Å². The molecule has 1 amide bonds. The largest absolute Gasteiger partial charge is 0.756 e. The second kappa shape index (κ2) is 67.3. The fourth-order valence-corrected chi connectivity index (χ4v) is 11.8. The third-order valence-corrected chi connectivity index (χ3v) is 17.8. The summed E-state index contributed by atoms with van der Waals surface area (Å²) in [5.41, 5.74) is 0. The summed E-state index contributed by atoms with van der Waals surface area (Å²) in [6.45, 7) is 6.83. The second-order valence-corrected chi connectivity index (χ2v) is 28.2. The van der Waals surface area contributed by atoms with Crippen molar-refractivity contribution in [1.82, 2.24) is 5.32 Å². The lowest BCUT2D eigenvalue weighted by Gasteiger charge is -2.30. The predicted molar refractivity (Wildman–Crippen MR) is 381 cm³/mol. The molecule has 0 bridgehead atoms. The van der Waals surface area contributed by atoms with E-state index in [2.05, 4.69) is 86.8 Å². The molecule has 3 atom stereocenters. The first-order valence-electron chi connectivity index (χ1n) is 37.7. The van der Waals surface area contributed by atoms with E-state index in [4.69, 9.17) is 13.8 Å². The van der Waals surface area contributed by atoms with E-state index < -0.39 is 20.0 Å². The fraction of sp³-hybridized carbons (Fsp3) is 0.821. The van der Waals surface area contributed by atoms with Gasteiger partial charge in [0.25, 0.3) is 7.82 Å². The van der Waals surface area contributed by atoms with Gasteiger partial charge < -0.3 is 28.5 Å². The number of carbonyl (C=O) groups is 2. The first-order chi connectivity index (χ1) is 42.9. The van der Waals surface area contributed by atoms with E-state index in [1.807, 2.05) is 33.3 Å². The highest BCUT2D eigenvalue weighted by molar-refractivity contribution is 7.45. The van der Waals surface area contributed by atoms with Crippen molar-refractivity contribution in [2.45, 2.75) is 373 Å². The molecule has 0 saturated heterocycles. The van der Waals surface area contributed by atoms with Gasteiger partial charge in [-0.05, 0) is 102 Å².